The predicted molar refractivity (Wildman–Crippen MR) is 79.4 cm³/mol. The first kappa shape index (κ1) is 13.6. The number of nitrogens with one attached hydrogen (secondary N) is 1. The Labute approximate surface area is 115 Å². The summed E-state index contributed by atoms with van der Waals surface area (Å²) in [6.45, 7) is 3.76. The number of para-hydroxylation sites is 1. The van der Waals surface area contributed by atoms with Crippen molar-refractivity contribution in [1.82, 2.24) is 15.1 Å². The fourth-order valence-electron chi connectivity index (χ4n) is 2.18. The lowest BCUT2D eigenvalue weighted by Crippen LogP contribution is -2.15. The van der Waals surface area contributed by atoms with Gasteiger partial charge in [-0.25, -0.2) is 4.68 Å². The van der Waals surface area contributed by atoms with Gasteiger partial charge in [0.2, 0.25) is 0 Å². The van der Waals surface area contributed by atoms with Crippen molar-refractivity contribution in [2.75, 3.05) is 7.05 Å². The average Bonchev–Trinajstić information content (AvgIpc) is 2.94. The normalized spacial score (nSPS) is 12.3. The van der Waals surface area contributed by atoms with Crippen LogP contribution in [0.2, 0.25) is 0 Å². The van der Waals surface area contributed by atoms with E-state index in [1.807, 2.05) is 42.2 Å². The summed E-state index contributed by atoms with van der Waals surface area (Å²) in [4.78, 5) is 0. The Balaban J connectivity index is 2.08. The van der Waals surface area contributed by atoms with Gasteiger partial charge in [-0.1, -0.05) is 24.3 Å². The second kappa shape index (κ2) is 6.90. The third kappa shape index (κ3) is 3.55. The maximum atomic E-state index is 4.44. The van der Waals surface area contributed by atoms with E-state index in [0.717, 1.165) is 24.9 Å². The Kier molecular flexibility index (Phi) is 4.93. The smallest absolute Gasteiger partial charge is 0.0645 e. The standard InChI is InChI=1S/C16H21N3/c1-3-4-6-11-16(17-2)14-12-18-19(13-14)15-9-7-5-8-10-15/h3,5,7-10,12-13,16-17H,1,4,6,11H2,2H3. The zero-order valence-corrected chi connectivity index (χ0v) is 11.4. The van der Waals surface area contributed by atoms with E-state index in [9.17, 15) is 0 Å². The van der Waals surface area contributed by atoms with E-state index in [1.165, 1.54) is 5.56 Å². The molecule has 0 aliphatic rings. The molecule has 3 heteroatoms. The second-order valence-electron chi connectivity index (χ2n) is 4.61. The zero-order valence-electron chi connectivity index (χ0n) is 11.4. The lowest BCUT2D eigenvalue weighted by molar-refractivity contribution is 0.530. The molecule has 0 fully saturated rings. The fourth-order valence-corrected chi connectivity index (χ4v) is 2.18. The number of rotatable bonds is 7. The van der Waals surface area contributed by atoms with E-state index < -0.39 is 0 Å². The number of unbranched alkanes of at least 4 members (excludes halogenated alkanes) is 1. The summed E-state index contributed by atoms with van der Waals surface area (Å²) in [5.74, 6) is 0. The first-order chi connectivity index (χ1) is 9.35. The Morgan fingerprint density at radius 3 is 2.84 bits per heavy atom. The summed E-state index contributed by atoms with van der Waals surface area (Å²) in [6, 6.07) is 10.5. The maximum Gasteiger partial charge on any atom is 0.0645 e. The van der Waals surface area contributed by atoms with Crippen molar-refractivity contribution in [2.45, 2.75) is 25.3 Å². The highest BCUT2D eigenvalue weighted by molar-refractivity contribution is 5.31. The van der Waals surface area contributed by atoms with Gasteiger partial charge in [-0.15, -0.1) is 6.58 Å². The van der Waals surface area contributed by atoms with E-state index in [2.05, 4.69) is 35.3 Å². The highest BCUT2D eigenvalue weighted by atomic mass is 15.3. The molecule has 1 N–H and O–H groups in total. The third-order valence-electron chi connectivity index (χ3n) is 3.28. The van der Waals surface area contributed by atoms with Gasteiger partial charge >= 0.3 is 0 Å². The molecular weight excluding hydrogens is 234 g/mol. The van der Waals surface area contributed by atoms with Crippen LogP contribution < -0.4 is 5.32 Å². The van der Waals surface area contributed by atoms with Gasteiger partial charge < -0.3 is 5.32 Å². The summed E-state index contributed by atoms with van der Waals surface area (Å²) in [7, 11) is 2.00. The highest BCUT2D eigenvalue weighted by Crippen LogP contribution is 2.19. The van der Waals surface area contributed by atoms with Crippen molar-refractivity contribution in [3.05, 3.63) is 60.9 Å². The van der Waals surface area contributed by atoms with Crippen LogP contribution in [-0.4, -0.2) is 16.8 Å². The largest absolute Gasteiger partial charge is 0.313 e. The van der Waals surface area contributed by atoms with Crippen LogP contribution in [0.15, 0.2) is 55.4 Å². The van der Waals surface area contributed by atoms with Crippen molar-refractivity contribution < 1.29 is 0 Å². The summed E-state index contributed by atoms with van der Waals surface area (Å²) < 4.78 is 1.92. The van der Waals surface area contributed by atoms with Crippen molar-refractivity contribution in [3.63, 3.8) is 0 Å². The molecule has 100 valence electrons. The molecule has 0 bridgehead atoms. The van der Waals surface area contributed by atoms with Crippen molar-refractivity contribution in [2.24, 2.45) is 0 Å². The Hall–Kier alpha value is -1.87. The van der Waals surface area contributed by atoms with E-state index in [0.29, 0.717) is 6.04 Å². The minimum Gasteiger partial charge on any atom is -0.313 e. The second-order valence-corrected chi connectivity index (χ2v) is 4.61. The minimum absolute atomic E-state index is 0.359. The van der Waals surface area contributed by atoms with Crippen molar-refractivity contribution in [1.29, 1.82) is 0 Å². The van der Waals surface area contributed by atoms with Gasteiger partial charge in [0.15, 0.2) is 0 Å². The van der Waals surface area contributed by atoms with Crippen molar-refractivity contribution in [3.8, 4) is 5.69 Å². The van der Waals surface area contributed by atoms with Crippen LogP contribution in [0.25, 0.3) is 5.69 Å². The Morgan fingerprint density at radius 1 is 1.37 bits per heavy atom. The molecule has 1 heterocycles. The molecule has 0 saturated heterocycles. The van der Waals surface area contributed by atoms with E-state index in [4.69, 9.17) is 0 Å². The van der Waals surface area contributed by atoms with Crippen LogP contribution in [0.1, 0.15) is 30.9 Å². The van der Waals surface area contributed by atoms with E-state index in [-0.39, 0.29) is 0 Å². The quantitative estimate of drug-likeness (QED) is 0.606. The Bertz CT molecular complexity index is 502. The SMILES string of the molecule is C=CCCCC(NC)c1cnn(-c2ccccc2)c1. The van der Waals surface area contributed by atoms with E-state index in [1.54, 1.807) is 0 Å². The van der Waals surface area contributed by atoms with Crippen LogP contribution in [-0.2, 0) is 0 Å². The van der Waals surface area contributed by atoms with Crippen LogP contribution >= 0.6 is 0 Å². The summed E-state index contributed by atoms with van der Waals surface area (Å²) in [6.07, 6.45) is 9.33. The molecule has 1 aromatic heterocycles. The molecule has 1 unspecified atom stereocenters. The van der Waals surface area contributed by atoms with E-state index >= 15 is 0 Å². The lowest BCUT2D eigenvalue weighted by atomic mass is 10.0. The van der Waals surface area contributed by atoms with Crippen LogP contribution in [0.3, 0.4) is 0 Å². The average molecular weight is 255 g/mol. The van der Waals surface area contributed by atoms with Gasteiger partial charge in [-0.05, 0) is 38.4 Å². The number of allylic oxidation sites excluding steroid dienone is 1. The molecule has 0 aliphatic carbocycles. The fraction of sp³-hybridized carbons (Fsp3) is 0.312. The summed E-state index contributed by atoms with van der Waals surface area (Å²) in [5.41, 5.74) is 2.32. The molecule has 0 amide bonds. The first-order valence-corrected chi connectivity index (χ1v) is 6.73. The predicted octanol–water partition coefficient (Wildman–Crippen LogP) is 3.49. The van der Waals surface area contributed by atoms with Gasteiger partial charge in [0.05, 0.1) is 11.9 Å². The molecule has 3 nitrogen and oxygen atoms in total. The van der Waals surface area contributed by atoms with Gasteiger partial charge in [0.25, 0.3) is 0 Å². The van der Waals surface area contributed by atoms with Gasteiger partial charge in [-0.3, -0.25) is 0 Å². The molecule has 1 atom stereocenters. The zero-order chi connectivity index (χ0) is 13.5. The topological polar surface area (TPSA) is 29.9 Å². The molecule has 0 aliphatic heterocycles. The van der Waals surface area contributed by atoms with Crippen LogP contribution in [0.5, 0.6) is 0 Å². The highest BCUT2D eigenvalue weighted by Gasteiger charge is 2.11. The van der Waals surface area contributed by atoms with Crippen LogP contribution in [0.4, 0.5) is 0 Å². The molecular formula is C16H21N3. The molecule has 0 radical (unpaired) electrons. The molecule has 0 spiro atoms. The maximum absolute atomic E-state index is 4.44. The molecule has 19 heavy (non-hydrogen) atoms. The lowest BCUT2D eigenvalue weighted by Gasteiger charge is -2.13. The monoisotopic (exact) mass is 255 g/mol. The number of hydrogen-bond donors (Lipinski definition) is 1. The first-order valence-electron chi connectivity index (χ1n) is 6.73. The van der Waals surface area contributed by atoms with Gasteiger partial charge in [0, 0.05) is 17.8 Å². The molecule has 2 aromatic rings. The molecule has 1 aromatic carbocycles. The van der Waals surface area contributed by atoms with Crippen LogP contribution in [0, 0.1) is 0 Å². The molecule has 2 rings (SSSR count). The molecule has 0 saturated carbocycles. The Morgan fingerprint density at radius 2 is 2.16 bits per heavy atom. The number of hydrogen-bond acceptors (Lipinski definition) is 2. The summed E-state index contributed by atoms with van der Waals surface area (Å²) in [5, 5.41) is 7.79. The van der Waals surface area contributed by atoms with Gasteiger partial charge in [0.1, 0.15) is 0 Å². The summed E-state index contributed by atoms with van der Waals surface area (Å²) >= 11 is 0. The number of aromatic nitrogens is 2. The van der Waals surface area contributed by atoms with Crippen molar-refractivity contribution >= 4 is 0 Å². The van der Waals surface area contributed by atoms with Gasteiger partial charge in [-0.2, -0.15) is 5.10 Å². The number of nitrogens with zero attached hydrogens (tertiary/aromatic N) is 2. The number of benzene rings is 1. The third-order valence-corrected chi connectivity index (χ3v) is 3.28. The minimum atomic E-state index is 0.359.